The van der Waals surface area contributed by atoms with E-state index in [1.807, 2.05) is 0 Å². The first-order valence-corrected chi connectivity index (χ1v) is 8.23. The molecule has 0 spiro atoms. The van der Waals surface area contributed by atoms with Crippen LogP contribution in [0.1, 0.15) is 37.6 Å². The lowest BCUT2D eigenvalue weighted by molar-refractivity contribution is -0.143. The highest BCUT2D eigenvalue weighted by atomic mass is 19.2. The fraction of sp³-hybridized carbons (Fsp3) is 0.353. The second-order valence-corrected chi connectivity index (χ2v) is 5.60. The molecular formula is C17H19BF2N2O4. The second kappa shape index (κ2) is 9.12. The molecule has 0 aromatic carbocycles. The molecule has 9 heteroatoms. The molecule has 0 amide bonds. The van der Waals surface area contributed by atoms with Crippen molar-refractivity contribution in [1.29, 1.82) is 0 Å². The monoisotopic (exact) mass is 364 g/mol. The van der Waals surface area contributed by atoms with E-state index in [1.165, 1.54) is 12.1 Å². The molecule has 0 aliphatic carbocycles. The third-order valence-corrected chi connectivity index (χ3v) is 3.73. The molecule has 2 rings (SSSR count). The number of hydrogen-bond acceptors (Lipinski definition) is 4. The van der Waals surface area contributed by atoms with E-state index in [0.717, 1.165) is 4.48 Å². The lowest BCUT2D eigenvalue weighted by Gasteiger charge is -2.08. The highest BCUT2D eigenvalue weighted by Crippen LogP contribution is 2.20. The number of allylic oxidation sites excluding steroid dienone is 2. The van der Waals surface area contributed by atoms with Crippen molar-refractivity contribution in [2.75, 3.05) is 6.61 Å². The molecule has 0 unspecified atom stereocenters. The van der Waals surface area contributed by atoms with Crippen LogP contribution < -0.4 is 0 Å². The van der Waals surface area contributed by atoms with Crippen LogP contribution in [-0.4, -0.2) is 41.2 Å². The van der Waals surface area contributed by atoms with E-state index in [4.69, 9.17) is 9.84 Å². The maximum Gasteiger partial charge on any atom is 0.677 e. The molecule has 1 aromatic heterocycles. The molecule has 1 aliphatic rings. The highest BCUT2D eigenvalue weighted by molar-refractivity contribution is 6.41. The molecule has 2 heterocycles. The second-order valence-electron chi connectivity index (χ2n) is 5.60. The summed E-state index contributed by atoms with van der Waals surface area (Å²) in [5.74, 6) is -1.35. The van der Waals surface area contributed by atoms with Crippen LogP contribution in [-0.2, 0) is 20.7 Å². The Morgan fingerprint density at radius 2 is 2.04 bits per heavy atom. The van der Waals surface area contributed by atoms with Gasteiger partial charge in [0.05, 0.1) is 25.1 Å². The average molecular weight is 364 g/mol. The van der Waals surface area contributed by atoms with Crippen LogP contribution in [0, 0.1) is 0 Å². The van der Waals surface area contributed by atoms with Crippen molar-refractivity contribution in [3.05, 3.63) is 41.4 Å². The summed E-state index contributed by atoms with van der Waals surface area (Å²) in [5.41, 5.74) is 1.66. The predicted octanol–water partition coefficient (Wildman–Crippen LogP) is 2.97. The van der Waals surface area contributed by atoms with Gasteiger partial charge in [-0.3, -0.25) is 23.2 Å². The van der Waals surface area contributed by atoms with Gasteiger partial charge in [0.25, 0.3) is 0 Å². The number of halogens is 2. The van der Waals surface area contributed by atoms with E-state index in [9.17, 15) is 18.2 Å². The summed E-state index contributed by atoms with van der Waals surface area (Å²) in [6.45, 7) is 1.94. The molecule has 1 aromatic rings. The lowest BCUT2D eigenvalue weighted by Crippen LogP contribution is -2.18. The Labute approximate surface area is 150 Å². The molecule has 1 aliphatic heterocycles. The smallest absolute Gasteiger partial charge is 0.481 e. The molecule has 0 radical (unpaired) electrons. The van der Waals surface area contributed by atoms with Crippen molar-refractivity contribution < 1.29 is 28.1 Å². The summed E-state index contributed by atoms with van der Waals surface area (Å²) in [6, 6.07) is 3.09. The number of nitrogens with zero attached hydrogens (tertiary/aromatic N) is 2. The number of hydrogen-bond donors (Lipinski definition) is 1. The van der Waals surface area contributed by atoms with Gasteiger partial charge in [-0.1, -0.05) is 0 Å². The molecular weight excluding hydrogens is 345 g/mol. The number of esters is 1. The van der Waals surface area contributed by atoms with Crippen molar-refractivity contribution in [2.24, 2.45) is 4.99 Å². The summed E-state index contributed by atoms with van der Waals surface area (Å²) >= 11 is 0. The zero-order valence-electron chi connectivity index (χ0n) is 14.3. The SMILES string of the molecule is CCOC(=O)CCc1ccc(/C=C2\C=CC(CCC(=O)O)=N2)n1B(F)F. The Kier molecular flexibility index (Phi) is 6.88. The van der Waals surface area contributed by atoms with Crippen LogP contribution in [0.2, 0.25) is 0 Å². The standard InChI is InChI=1S/C17H19BF2N2O4/c1-2-26-17(25)10-8-14-6-7-15(22(14)18(19)20)11-13-4-3-12(21-13)5-9-16(23)24/h3-4,6-7,11H,2,5,8-10H2,1H3,(H,23,24)/b13-11+. The molecule has 0 saturated heterocycles. The number of aliphatic carboxylic acids is 1. The minimum atomic E-state index is -2.75. The zero-order valence-corrected chi connectivity index (χ0v) is 14.3. The minimum Gasteiger partial charge on any atom is -0.481 e. The maximum absolute atomic E-state index is 13.5. The number of carboxylic acids is 1. The van der Waals surface area contributed by atoms with Crippen molar-refractivity contribution in [1.82, 2.24) is 4.48 Å². The topological polar surface area (TPSA) is 80.9 Å². The average Bonchev–Trinajstić information content (AvgIpc) is 3.18. The molecule has 0 atom stereocenters. The van der Waals surface area contributed by atoms with Crippen LogP contribution in [0.5, 0.6) is 0 Å². The normalized spacial score (nSPS) is 14.6. The molecule has 1 N–H and O–H groups in total. The first-order valence-electron chi connectivity index (χ1n) is 8.23. The molecule has 0 fully saturated rings. The largest absolute Gasteiger partial charge is 0.677 e. The van der Waals surface area contributed by atoms with Gasteiger partial charge in [0, 0.05) is 23.5 Å². The first kappa shape index (κ1) is 19.6. The molecule has 138 valence electrons. The van der Waals surface area contributed by atoms with Crippen molar-refractivity contribution in [3.8, 4) is 0 Å². The maximum atomic E-state index is 13.5. The van der Waals surface area contributed by atoms with Gasteiger partial charge in [-0.15, -0.1) is 0 Å². The van der Waals surface area contributed by atoms with Crippen molar-refractivity contribution >= 4 is 31.1 Å². The van der Waals surface area contributed by atoms with Gasteiger partial charge < -0.3 is 14.3 Å². The van der Waals surface area contributed by atoms with Crippen molar-refractivity contribution in [2.45, 2.75) is 32.6 Å². The number of carbonyl (C=O) groups is 2. The lowest BCUT2D eigenvalue weighted by atomic mass is 10.1. The van der Waals surface area contributed by atoms with E-state index in [0.29, 0.717) is 17.1 Å². The fourth-order valence-electron chi connectivity index (χ4n) is 2.56. The number of aryl methyl sites for hydroxylation is 1. The number of aliphatic imine (C=N–C) groups is 1. The van der Waals surface area contributed by atoms with E-state index in [-0.39, 0.29) is 38.0 Å². The Balaban J connectivity index is 2.14. The van der Waals surface area contributed by atoms with Gasteiger partial charge in [0.15, 0.2) is 0 Å². The van der Waals surface area contributed by atoms with Gasteiger partial charge in [-0.05, 0) is 43.7 Å². The summed E-state index contributed by atoms with van der Waals surface area (Å²) in [7, 11) is -2.75. The first-order chi connectivity index (χ1) is 12.4. The number of carboxylic acid groups (broad SMARTS) is 1. The Morgan fingerprint density at radius 3 is 2.69 bits per heavy atom. The van der Waals surface area contributed by atoms with E-state index in [2.05, 4.69) is 4.99 Å². The van der Waals surface area contributed by atoms with Crippen LogP contribution in [0.4, 0.5) is 8.63 Å². The molecule has 0 bridgehead atoms. The van der Waals surface area contributed by atoms with Crippen LogP contribution in [0.15, 0.2) is 35.0 Å². The fourth-order valence-corrected chi connectivity index (χ4v) is 2.56. The predicted molar refractivity (Wildman–Crippen MR) is 94.2 cm³/mol. The molecule has 0 saturated carbocycles. The van der Waals surface area contributed by atoms with E-state index >= 15 is 0 Å². The van der Waals surface area contributed by atoms with Crippen molar-refractivity contribution in [3.63, 3.8) is 0 Å². The number of carbonyl (C=O) groups excluding carboxylic acids is 1. The van der Waals surface area contributed by atoms with Gasteiger partial charge >= 0.3 is 19.3 Å². The molecule has 26 heavy (non-hydrogen) atoms. The summed E-state index contributed by atoms with van der Waals surface area (Å²) in [5, 5.41) is 8.69. The highest BCUT2D eigenvalue weighted by Gasteiger charge is 2.23. The van der Waals surface area contributed by atoms with E-state index in [1.54, 1.807) is 25.1 Å². The Bertz CT molecular complexity index is 769. The van der Waals surface area contributed by atoms with Gasteiger partial charge in [-0.2, -0.15) is 0 Å². The third kappa shape index (κ3) is 5.40. The number of ether oxygens (including phenoxy) is 1. The minimum absolute atomic E-state index is 0.0258. The van der Waals surface area contributed by atoms with Gasteiger partial charge in [0.1, 0.15) is 0 Å². The van der Waals surface area contributed by atoms with E-state index < -0.39 is 19.3 Å². The quantitative estimate of drug-likeness (QED) is 0.540. The zero-order chi connectivity index (χ0) is 19.1. The van der Waals surface area contributed by atoms with Gasteiger partial charge in [0.2, 0.25) is 0 Å². The Hall–Kier alpha value is -2.71. The summed E-state index contributed by atoms with van der Waals surface area (Å²) in [4.78, 5) is 26.3. The summed E-state index contributed by atoms with van der Waals surface area (Å²) < 4.78 is 32.6. The Morgan fingerprint density at radius 1 is 1.27 bits per heavy atom. The summed E-state index contributed by atoms with van der Waals surface area (Å²) in [6.07, 6.45) is 5.24. The third-order valence-electron chi connectivity index (χ3n) is 3.73. The van der Waals surface area contributed by atoms with Crippen LogP contribution in [0.3, 0.4) is 0 Å². The number of rotatable bonds is 9. The van der Waals surface area contributed by atoms with Crippen LogP contribution in [0.25, 0.3) is 6.08 Å². The molecule has 6 nitrogen and oxygen atoms in total. The van der Waals surface area contributed by atoms with Crippen LogP contribution >= 0.6 is 0 Å². The van der Waals surface area contributed by atoms with Gasteiger partial charge in [-0.25, -0.2) is 0 Å². The number of aromatic nitrogens is 1.